The van der Waals surface area contributed by atoms with Crippen LogP contribution in [-0.4, -0.2) is 52.6 Å². The topological polar surface area (TPSA) is 93.0 Å². The number of benzene rings is 1. The first-order chi connectivity index (χ1) is 11.0. The van der Waals surface area contributed by atoms with Gasteiger partial charge in [-0.1, -0.05) is 0 Å². The van der Waals surface area contributed by atoms with Crippen LogP contribution in [0.2, 0.25) is 0 Å². The van der Waals surface area contributed by atoms with Gasteiger partial charge in [0, 0.05) is 24.8 Å². The van der Waals surface area contributed by atoms with Gasteiger partial charge < -0.3 is 25.5 Å². The van der Waals surface area contributed by atoms with Gasteiger partial charge >= 0.3 is 0 Å². The van der Waals surface area contributed by atoms with E-state index in [9.17, 15) is 20.1 Å². The highest BCUT2D eigenvalue weighted by Gasteiger charge is 2.32. The molecule has 1 aliphatic carbocycles. The van der Waals surface area contributed by atoms with Crippen molar-refractivity contribution >= 4 is 11.6 Å². The second-order valence-corrected chi connectivity index (χ2v) is 5.94. The number of aromatic hydroxyl groups is 1. The molecule has 0 saturated heterocycles. The van der Waals surface area contributed by atoms with Gasteiger partial charge in [-0.15, -0.1) is 0 Å². The fourth-order valence-corrected chi connectivity index (χ4v) is 3.06. The Balaban J connectivity index is 2.10. The highest BCUT2D eigenvalue weighted by Crippen LogP contribution is 2.26. The van der Waals surface area contributed by atoms with E-state index in [4.69, 9.17) is 0 Å². The quantitative estimate of drug-likeness (QED) is 0.654. The Morgan fingerprint density at radius 2 is 1.96 bits per heavy atom. The molecule has 23 heavy (non-hydrogen) atoms. The van der Waals surface area contributed by atoms with Gasteiger partial charge in [0.15, 0.2) is 0 Å². The van der Waals surface area contributed by atoms with E-state index < -0.39 is 24.2 Å². The summed E-state index contributed by atoms with van der Waals surface area (Å²) < 4.78 is 0. The number of carbonyl (C=O) groups excluding carboxylic acids is 1. The molecule has 1 aromatic carbocycles. The lowest BCUT2D eigenvalue weighted by atomic mass is 9.90. The maximum Gasteiger partial charge on any atom is 0.255 e. The molecule has 0 aromatic heterocycles. The Kier molecular flexibility index (Phi) is 5.85. The van der Waals surface area contributed by atoms with Gasteiger partial charge in [-0.05, 0) is 45.2 Å². The molecule has 1 fully saturated rings. The van der Waals surface area contributed by atoms with Crippen molar-refractivity contribution in [2.45, 2.75) is 51.4 Å². The SMILES string of the molecule is CCN(CC)c1ccc(C(=O)N[C@@H]2CCC[C@@H](O)[C@@H]2O)c(O)c1. The number of nitrogens with zero attached hydrogens (tertiary/aromatic N) is 1. The van der Waals surface area contributed by atoms with Gasteiger partial charge in [0.2, 0.25) is 0 Å². The van der Waals surface area contributed by atoms with Crippen LogP contribution in [0.5, 0.6) is 5.75 Å². The van der Waals surface area contributed by atoms with E-state index in [2.05, 4.69) is 10.2 Å². The fraction of sp³-hybridized carbons (Fsp3) is 0.588. The van der Waals surface area contributed by atoms with Crippen LogP contribution >= 0.6 is 0 Å². The van der Waals surface area contributed by atoms with Crippen LogP contribution in [0, 0.1) is 0 Å². The largest absolute Gasteiger partial charge is 0.507 e. The number of amides is 1. The summed E-state index contributed by atoms with van der Waals surface area (Å²) in [5.74, 6) is -0.524. The standard InChI is InChI=1S/C17H26N2O4/c1-3-19(4-2)11-8-9-12(15(21)10-11)17(23)18-13-6-5-7-14(20)16(13)22/h8-10,13-14,16,20-22H,3-7H2,1-2H3,(H,18,23)/t13-,14-,16-/m1/s1. The van der Waals surface area contributed by atoms with Gasteiger partial charge in [-0.2, -0.15) is 0 Å². The minimum Gasteiger partial charge on any atom is -0.507 e. The first kappa shape index (κ1) is 17.6. The number of carbonyl (C=O) groups is 1. The Morgan fingerprint density at radius 3 is 2.57 bits per heavy atom. The molecular formula is C17H26N2O4. The third kappa shape index (κ3) is 3.95. The molecule has 0 bridgehead atoms. The summed E-state index contributed by atoms with van der Waals surface area (Å²) in [6, 6.07) is 4.47. The normalized spacial score (nSPS) is 24.3. The van der Waals surface area contributed by atoms with E-state index in [-0.39, 0.29) is 11.3 Å². The summed E-state index contributed by atoms with van der Waals surface area (Å²) in [5.41, 5.74) is 1.03. The third-order valence-electron chi connectivity index (χ3n) is 4.49. The molecule has 2 rings (SSSR count). The average Bonchev–Trinajstić information content (AvgIpc) is 2.53. The van der Waals surface area contributed by atoms with E-state index in [1.165, 1.54) is 0 Å². The van der Waals surface area contributed by atoms with E-state index in [0.29, 0.717) is 12.8 Å². The van der Waals surface area contributed by atoms with Crippen molar-refractivity contribution in [2.24, 2.45) is 0 Å². The zero-order chi connectivity index (χ0) is 17.0. The van der Waals surface area contributed by atoms with Gasteiger partial charge in [0.25, 0.3) is 5.91 Å². The van der Waals surface area contributed by atoms with Crippen molar-refractivity contribution in [3.63, 3.8) is 0 Å². The smallest absolute Gasteiger partial charge is 0.255 e. The molecule has 3 atom stereocenters. The Hall–Kier alpha value is -1.79. The van der Waals surface area contributed by atoms with E-state index in [1.54, 1.807) is 18.2 Å². The first-order valence-corrected chi connectivity index (χ1v) is 8.22. The van der Waals surface area contributed by atoms with E-state index in [0.717, 1.165) is 25.2 Å². The molecule has 1 amide bonds. The van der Waals surface area contributed by atoms with Crippen LogP contribution in [0.3, 0.4) is 0 Å². The summed E-state index contributed by atoms with van der Waals surface area (Å²) >= 11 is 0. The Morgan fingerprint density at radius 1 is 1.26 bits per heavy atom. The molecule has 0 heterocycles. The molecule has 6 heteroatoms. The maximum atomic E-state index is 12.3. The molecule has 0 aliphatic heterocycles. The minimum absolute atomic E-state index is 0.0854. The van der Waals surface area contributed by atoms with E-state index >= 15 is 0 Å². The van der Waals surface area contributed by atoms with Crippen molar-refractivity contribution in [3.8, 4) is 5.75 Å². The van der Waals surface area contributed by atoms with Gasteiger partial charge in [0.1, 0.15) is 5.75 Å². The van der Waals surface area contributed by atoms with Gasteiger partial charge in [-0.25, -0.2) is 0 Å². The summed E-state index contributed by atoms with van der Waals surface area (Å²) in [6.45, 7) is 5.68. The zero-order valence-corrected chi connectivity index (χ0v) is 13.7. The molecule has 128 valence electrons. The van der Waals surface area contributed by atoms with Crippen LogP contribution in [0.25, 0.3) is 0 Å². The Labute approximate surface area is 136 Å². The van der Waals surface area contributed by atoms with Gasteiger partial charge in [0.05, 0.1) is 23.8 Å². The average molecular weight is 322 g/mol. The van der Waals surface area contributed by atoms with Crippen LogP contribution < -0.4 is 10.2 Å². The number of rotatable bonds is 5. The maximum absolute atomic E-state index is 12.3. The number of nitrogens with one attached hydrogen (secondary N) is 1. The summed E-state index contributed by atoms with van der Waals surface area (Å²) in [4.78, 5) is 14.4. The van der Waals surface area contributed by atoms with Crippen molar-refractivity contribution in [1.29, 1.82) is 0 Å². The second kappa shape index (κ2) is 7.66. The molecule has 1 saturated carbocycles. The number of phenols is 1. The fourth-order valence-electron chi connectivity index (χ4n) is 3.06. The number of anilines is 1. The van der Waals surface area contributed by atoms with Crippen molar-refractivity contribution < 1.29 is 20.1 Å². The summed E-state index contributed by atoms with van der Waals surface area (Å²) in [5, 5.41) is 32.5. The predicted molar refractivity (Wildman–Crippen MR) is 88.8 cm³/mol. The van der Waals surface area contributed by atoms with Crippen LogP contribution in [0.1, 0.15) is 43.5 Å². The van der Waals surface area contributed by atoms with Gasteiger partial charge in [-0.3, -0.25) is 4.79 Å². The first-order valence-electron chi connectivity index (χ1n) is 8.22. The predicted octanol–water partition coefficient (Wildman–Crippen LogP) is 1.24. The number of aliphatic hydroxyl groups excluding tert-OH is 2. The van der Waals surface area contributed by atoms with Crippen LogP contribution in [0.4, 0.5) is 5.69 Å². The minimum atomic E-state index is -0.968. The van der Waals surface area contributed by atoms with Crippen LogP contribution in [-0.2, 0) is 0 Å². The molecule has 0 spiro atoms. The zero-order valence-electron chi connectivity index (χ0n) is 13.7. The molecule has 0 radical (unpaired) electrons. The molecule has 1 aliphatic rings. The highest BCUT2D eigenvalue weighted by atomic mass is 16.3. The number of aliphatic hydroxyl groups is 2. The molecule has 0 unspecified atom stereocenters. The highest BCUT2D eigenvalue weighted by molar-refractivity contribution is 5.97. The van der Waals surface area contributed by atoms with Crippen molar-refractivity contribution in [3.05, 3.63) is 23.8 Å². The number of hydrogen-bond acceptors (Lipinski definition) is 5. The lowest BCUT2D eigenvalue weighted by Gasteiger charge is -2.32. The van der Waals surface area contributed by atoms with Crippen molar-refractivity contribution in [1.82, 2.24) is 5.32 Å². The lowest BCUT2D eigenvalue weighted by Crippen LogP contribution is -2.51. The lowest BCUT2D eigenvalue weighted by molar-refractivity contribution is -0.0278. The summed E-state index contributed by atoms with van der Waals surface area (Å²) in [7, 11) is 0. The number of phenolic OH excluding ortho intramolecular Hbond substituents is 1. The van der Waals surface area contributed by atoms with E-state index in [1.807, 2.05) is 13.8 Å². The van der Waals surface area contributed by atoms with Crippen LogP contribution in [0.15, 0.2) is 18.2 Å². The molecular weight excluding hydrogens is 296 g/mol. The number of hydrogen-bond donors (Lipinski definition) is 4. The second-order valence-electron chi connectivity index (χ2n) is 5.94. The Bertz CT molecular complexity index is 545. The monoisotopic (exact) mass is 322 g/mol. The third-order valence-corrected chi connectivity index (χ3v) is 4.49. The summed E-state index contributed by atoms with van der Waals surface area (Å²) in [6.07, 6.45) is 0.118. The molecule has 6 nitrogen and oxygen atoms in total. The molecule has 4 N–H and O–H groups in total. The van der Waals surface area contributed by atoms with Crippen molar-refractivity contribution in [2.75, 3.05) is 18.0 Å². The molecule has 1 aromatic rings.